The van der Waals surface area contributed by atoms with Crippen molar-refractivity contribution in [2.45, 2.75) is 27.2 Å². The predicted octanol–water partition coefficient (Wildman–Crippen LogP) is 5.45. The Balaban J connectivity index is 2.06. The fraction of sp³-hybridized carbons (Fsp3) is 0.364. The summed E-state index contributed by atoms with van der Waals surface area (Å²) in [6.07, 6.45) is 2.61. The summed E-state index contributed by atoms with van der Waals surface area (Å²) in [5, 5.41) is 0.588. The Morgan fingerprint density at radius 3 is 2.57 bits per heavy atom. The molecule has 0 N–H and O–H groups in total. The summed E-state index contributed by atoms with van der Waals surface area (Å²) in [6, 6.07) is 7.13. The number of methoxy groups -OCH3 is 1. The summed E-state index contributed by atoms with van der Waals surface area (Å²) in [5.74, 6) is 1.06. The van der Waals surface area contributed by atoms with Gasteiger partial charge in [0.25, 0.3) is 5.91 Å². The first kappa shape index (κ1) is 20.2. The van der Waals surface area contributed by atoms with E-state index >= 15 is 0 Å². The van der Waals surface area contributed by atoms with Gasteiger partial charge in [-0.1, -0.05) is 32.4 Å². The van der Waals surface area contributed by atoms with Crippen molar-refractivity contribution < 1.29 is 13.9 Å². The molecule has 3 rings (SSSR count). The molecule has 0 aliphatic carbocycles. The number of nitrogens with zero attached hydrogens (tertiary/aromatic N) is 2. The first-order valence-electron chi connectivity index (χ1n) is 9.07. The number of pyridine rings is 1. The quantitative estimate of drug-likeness (QED) is 0.584. The maximum atomic E-state index is 12.2. The van der Waals surface area contributed by atoms with Crippen LogP contribution < -0.4 is 4.74 Å². The Bertz CT molecular complexity index is 1030. The van der Waals surface area contributed by atoms with Crippen molar-refractivity contribution >= 4 is 28.6 Å². The minimum atomic E-state index is -0.0917. The summed E-state index contributed by atoms with van der Waals surface area (Å²) in [7, 11) is 4.99. The molecule has 5 nitrogen and oxygen atoms in total. The molecule has 0 fully saturated rings. The maximum absolute atomic E-state index is 12.2. The fourth-order valence-corrected chi connectivity index (χ4v) is 3.35. The van der Waals surface area contributed by atoms with E-state index < -0.39 is 0 Å². The third-order valence-corrected chi connectivity index (χ3v) is 4.81. The topological polar surface area (TPSA) is 55.6 Å². The molecular formula is C22H25ClN2O3. The van der Waals surface area contributed by atoms with Crippen LogP contribution in [0.5, 0.6) is 5.75 Å². The number of furan rings is 1. The largest absolute Gasteiger partial charge is 0.496 e. The van der Waals surface area contributed by atoms with E-state index in [1.54, 1.807) is 33.3 Å². The van der Waals surface area contributed by atoms with Crippen LogP contribution >= 0.6 is 11.6 Å². The first-order valence-corrected chi connectivity index (χ1v) is 9.45. The Labute approximate surface area is 170 Å². The van der Waals surface area contributed by atoms with Gasteiger partial charge in [-0.15, -0.1) is 0 Å². The van der Waals surface area contributed by atoms with Gasteiger partial charge in [-0.25, -0.2) is 0 Å². The van der Waals surface area contributed by atoms with Crippen molar-refractivity contribution in [2.24, 2.45) is 5.41 Å². The molecule has 3 aromatic rings. The molecule has 0 saturated heterocycles. The third kappa shape index (κ3) is 3.99. The molecule has 1 aromatic carbocycles. The van der Waals surface area contributed by atoms with Crippen LogP contribution in [-0.4, -0.2) is 37.0 Å². The first-order chi connectivity index (χ1) is 13.1. The summed E-state index contributed by atoms with van der Waals surface area (Å²) in [4.78, 5) is 18.3. The maximum Gasteiger partial charge on any atom is 0.253 e. The molecule has 0 atom stereocenters. The van der Waals surface area contributed by atoms with Gasteiger partial charge in [0.1, 0.15) is 17.0 Å². The molecule has 2 aromatic heterocycles. The minimum absolute atomic E-state index is 0.0897. The zero-order valence-electron chi connectivity index (χ0n) is 17.1. The van der Waals surface area contributed by atoms with E-state index in [1.165, 1.54) is 4.90 Å². The number of ether oxygens (including phenoxy) is 1. The Morgan fingerprint density at radius 2 is 1.96 bits per heavy atom. The smallest absolute Gasteiger partial charge is 0.253 e. The highest BCUT2D eigenvalue weighted by molar-refractivity contribution is 6.35. The van der Waals surface area contributed by atoms with Crippen LogP contribution in [0.2, 0.25) is 5.02 Å². The molecule has 6 heteroatoms. The average molecular weight is 401 g/mol. The van der Waals surface area contributed by atoms with Crippen molar-refractivity contribution in [3.8, 4) is 17.1 Å². The van der Waals surface area contributed by atoms with Crippen molar-refractivity contribution in [1.29, 1.82) is 0 Å². The van der Waals surface area contributed by atoms with Crippen LogP contribution in [-0.2, 0) is 6.42 Å². The lowest BCUT2D eigenvalue weighted by atomic mass is 9.89. The summed E-state index contributed by atoms with van der Waals surface area (Å²) < 4.78 is 11.6. The van der Waals surface area contributed by atoms with Crippen molar-refractivity contribution in [3.63, 3.8) is 0 Å². The number of hydrogen-bond acceptors (Lipinski definition) is 4. The number of carbonyl (C=O) groups is 1. The van der Waals surface area contributed by atoms with Gasteiger partial charge in [0.2, 0.25) is 0 Å². The SMILES string of the molecule is COc1cc(C(=O)N(C)C)ccc1-c1cc2ncc(CC(C)(C)C)c(Cl)c2o1. The van der Waals surface area contributed by atoms with E-state index in [-0.39, 0.29) is 11.3 Å². The van der Waals surface area contributed by atoms with Crippen LogP contribution in [0.3, 0.4) is 0 Å². The second kappa shape index (κ2) is 7.47. The zero-order valence-corrected chi connectivity index (χ0v) is 17.8. The Hall–Kier alpha value is -2.53. The van der Waals surface area contributed by atoms with E-state index in [4.69, 9.17) is 20.8 Å². The lowest BCUT2D eigenvalue weighted by molar-refractivity contribution is 0.0827. The molecule has 2 heterocycles. The normalized spacial score (nSPS) is 11.7. The monoisotopic (exact) mass is 400 g/mol. The Morgan fingerprint density at radius 1 is 1.25 bits per heavy atom. The van der Waals surface area contributed by atoms with Gasteiger partial charge in [-0.2, -0.15) is 0 Å². The number of rotatable bonds is 4. The molecule has 0 spiro atoms. The van der Waals surface area contributed by atoms with Gasteiger partial charge in [0.15, 0.2) is 5.58 Å². The van der Waals surface area contributed by atoms with Crippen LogP contribution in [0.4, 0.5) is 0 Å². The van der Waals surface area contributed by atoms with E-state index in [0.29, 0.717) is 33.2 Å². The highest BCUT2D eigenvalue weighted by Crippen LogP contribution is 2.38. The van der Waals surface area contributed by atoms with E-state index in [1.807, 2.05) is 18.3 Å². The highest BCUT2D eigenvalue weighted by Gasteiger charge is 2.20. The van der Waals surface area contributed by atoms with E-state index in [0.717, 1.165) is 17.5 Å². The summed E-state index contributed by atoms with van der Waals surface area (Å²) >= 11 is 6.61. The van der Waals surface area contributed by atoms with E-state index in [2.05, 4.69) is 25.8 Å². The summed E-state index contributed by atoms with van der Waals surface area (Å²) in [5.41, 5.74) is 3.59. The fourth-order valence-electron chi connectivity index (χ4n) is 3.10. The predicted molar refractivity (Wildman–Crippen MR) is 112 cm³/mol. The molecule has 0 saturated carbocycles. The molecule has 28 heavy (non-hydrogen) atoms. The lowest BCUT2D eigenvalue weighted by Gasteiger charge is -2.18. The van der Waals surface area contributed by atoms with Gasteiger partial charge in [0, 0.05) is 31.9 Å². The molecule has 148 valence electrons. The van der Waals surface area contributed by atoms with Gasteiger partial charge in [0.05, 0.1) is 17.7 Å². The van der Waals surface area contributed by atoms with Gasteiger partial charge in [-0.3, -0.25) is 9.78 Å². The molecule has 0 aliphatic rings. The average Bonchev–Trinajstić information content (AvgIpc) is 3.06. The van der Waals surface area contributed by atoms with Gasteiger partial charge in [-0.05, 0) is 35.6 Å². The number of hydrogen-bond donors (Lipinski definition) is 0. The Kier molecular flexibility index (Phi) is 5.39. The van der Waals surface area contributed by atoms with Gasteiger partial charge >= 0.3 is 0 Å². The number of aromatic nitrogens is 1. The number of benzene rings is 1. The molecule has 0 aliphatic heterocycles. The molecule has 0 unspecified atom stereocenters. The lowest BCUT2D eigenvalue weighted by Crippen LogP contribution is -2.21. The third-order valence-electron chi connectivity index (χ3n) is 4.39. The number of amides is 1. The van der Waals surface area contributed by atoms with Crippen LogP contribution in [0.1, 0.15) is 36.7 Å². The number of halogens is 1. The van der Waals surface area contributed by atoms with Gasteiger partial charge < -0.3 is 14.1 Å². The zero-order chi connectivity index (χ0) is 20.6. The highest BCUT2D eigenvalue weighted by atomic mass is 35.5. The molecular weight excluding hydrogens is 376 g/mol. The van der Waals surface area contributed by atoms with Crippen LogP contribution in [0.15, 0.2) is 34.9 Å². The van der Waals surface area contributed by atoms with Crippen molar-refractivity contribution in [2.75, 3.05) is 21.2 Å². The standard InChI is InChI=1S/C22H25ClN2O3/c1-22(2,3)11-14-12-24-16-10-18(28-20(16)19(14)23)15-8-7-13(9-17(15)27-6)21(26)25(4)5/h7-10,12H,11H2,1-6H3. The minimum Gasteiger partial charge on any atom is -0.496 e. The van der Waals surface area contributed by atoms with Crippen molar-refractivity contribution in [3.05, 3.63) is 46.6 Å². The second-order valence-corrected chi connectivity index (χ2v) is 8.65. The van der Waals surface area contributed by atoms with Crippen LogP contribution in [0.25, 0.3) is 22.4 Å². The number of carbonyl (C=O) groups excluding carboxylic acids is 1. The molecule has 0 bridgehead atoms. The van der Waals surface area contributed by atoms with Crippen molar-refractivity contribution in [1.82, 2.24) is 9.88 Å². The van der Waals surface area contributed by atoms with E-state index in [9.17, 15) is 4.79 Å². The second-order valence-electron chi connectivity index (χ2n) is 8.27. The molecule has 0 radical (unpaired) electrons. The molecule has 1 amide bonds. The van der Waals surface area contributed by atoms with Crippen LogP contribution in [0, 0.1) is 5.41 Å². The number of fused-ring (bicyclic) bond motifs is 1. The summed E-state index contributed by atoms with van der Waals surface area (Å²) in [6.45, 7) is 6.47.